The van der Waals surface area contributed by atoms with Gasteiger partial charge in [0, 0.05) is 0 Å². The molecule has 0 amide bonds. The number of carbonyl (C=O) groups excluding carboxylic acids is 1. The van der Waals surface area contributed by atoms with Crippen molar-refractivity contribution in [1.82, 2.24) is 0 Å². The van der Waals surface area contributed by atoms with E-state index in [2.05, 4.69) is 37.9 Å². The second kappa shape index (κ2) is 12.8. The molecule has 0 rings (SSSR count). The van der Waals surface area contributed by atoms with Crippen molar-refractivity contribution < 1.29 is 45.7 Å². The fourth-order valence-electron chi connectivity index (χ4n) is 0. The van der Waals surface area contributed by atoms with Crippen molar-refractivity contribution in [2.75, 3.05) is 5.75 Å². The van der Waals surface area contributed by atoms with Gasteiger partial charge in [0.1, 0.15) is 0 Å². The summed E-state index contributed by atoms with van der Waals surface area (Å²) in [5.41, 5.74) is 0. The number of carbonyl (C=O) groups is 2. The second-order valence-electron chi connectivity index (χ2n) is 0.834. The molecule has 3 nitrogen and oxygen atoms in total. The Kier molecular flexibility index (Phi) is 22.2. The van der Waals surface area contributed by atoms with E-state index in [-0.39, 0.29) is 36.7 Å². The van der Waals surface area contributed by atoms with Gasteiger partial charge in [-0.15, -0.1) is 0 Å². The van der Waals surface area contributed by atoms with E-state index >= 15 is 0 Å². The number of hydrogen-bond acceptors (Lipinski definition) is 3. The van der Waals surface area contributed by atoms with Crippen LogP contribution in [0.4, 0.5) is 4.79 Å². The molecular weight excluding hydrogens is 203 g/mol. The van der Waals surface area contributed by atoms with Gasteiger partial charge < -0.3 is 6.53 Å². The van der Waals surface area contributed by atoms with Gasteiger partial charge in [-0.25, -0.2) is 0 Å². The van der Waals surface area contributed by atoms with Crippen LogP contribution in [0.15, 0.2) is 0 Å². The monoisotopic (exact) mass is 210 g/mol. The maximum absolute atomic E-state index is 9.29. The molecule has 0 unspecified atom stereocenters. The Morgan fingerprint density at radius 3 is 1.50 bits per heavy atom. The molecule has 0 aliphatic carbocycles. The molecule has 1 N–H and O–H groups in total. The molecule has 7 heteroatoms. The van der Waals surface area contributed by atoms with E-state index < -0.39 is 10.4 Å². The zero-order valence-electron chi connectivity index (χ0n) is 6.31. The molecule has 0 saturated carbocycles. The third kappa shape index (κ3) is 60.6. The van der Waals surface area contributed by atoms with Gasteiger partial charge in [-0.3, -0.25) is 9.59 Å². The van der Waals surface area contributed by atoms with Crippen LogP contribution in [-0.4, -0.2) is 21.3 Å². The molecule has 0 spiro atoms. The summed E-state index contributed by atoms with van der Waals surface area (Å²) in [5, 5.41) is 7.65. The van der Waals surface area contributed by atoms with Gasteiger partial charge in [-0.05, 0) is 0 Å². The third-order valence-electron chi connectivity index (χ3n) is 0.135. The van der Waals surface area contributed by atoms with E-state index in [0.717, 1.165) is 0 Å². The molecular formula is C3H7NaO3S3. The summed E-state index contributed by atoms with van der Waals surface area (Å²) in [6.45, 7) is 0. The molecule has 0 heterocycles. The Balaban J connectivity index is -0.0000000383. The number of thiol groups is 3. The number of hydrogen-bond donors (Lipinski definition) is 4. The van der Waals surface area contributed by atoms with E-state index in [4.69, 9.17) is 5.11 Å². The minimum atomic E-state index is -0.881. The fraction of sp³-hybridized carbons (Fsp3) is 0.333. The van der Waals surface area contributed by atoms with Crippen molar-refractivity contribution in [3.05, 3.63) is 0 Å². The van der Waals surface area contributed by atoms with Crippen molar-refractivity contribution in [1.29, 1.82) is 0 Å². The molecule has 0 fully saturated rings. The van der Waals surface area contributed by atoms with Crippen LogP contribution >= 0.6 is 37.9 Å². The number of carboxylic acids is 1. The summed E-state index contributed by atoms with van der Waals surface area (Å²) >= 11 is 9.80. The quantitative estimate of drug-likeness (QED) is 0.302. The maximum Gasteiger partial charge on any atom is 1.00 e. The average Bonchev–Trinajstić information content (AvgIpc) is 1.65. The van der Waals surface area contributed by atoms with E-state index in [1.54, 1.807) is 0 Å². The molecule has 0 aliphatic heterocycles. The van der Waals surface area contributed by atoms with Crippen molar-refractivity contribution in [3.8, 4) is 0 Å². The van der Waals surface area contributed by atoms with Gasteiger partial charge in [-0.1, -0.05) is 25.3 Å². The summed E-state index contributed by atoms with van der Waals surface area (Å²) in [4.78, 5) is 18.5. The van der Waals surface area contributed by atoms with E-state index in [1.165, 1.54) is 0 Å². The second-order valence-corrected chi connectivity index (χ2v) is 2.32. The van der Waals surface area contributed by atoms with E-state index in [0.29, 0.717) is 0 Å². The Bertz CT molecular complexity index is 108. The molecule has 0 aliphatic rings. The fourth-order valence-corrected chi connectivity index (χ4v) is 0. The zero-order valence-corrected chi connectivity index (χ0v) is 10.00. The minimum absolute atomic E-state index is 0. The number of aliphatic carboxylic acids is 1. The van der Waals surface area contributed by atoms with Crippen LogP contribution in [0.1, 0.15) is 1.43 Å². The van der Waals surface area contributed by atoms with Crippen LogP contribution in [0.25, 0.3) is 0 Å². The normalized spacial score (nSPS) is 6.30. The van der Waals surface area contributed by atoms with Crippen LogP contribution in [-0.2, 0) is 4.79 Å². The third-order valence-corrected chi connectivity index (χ3v) is 0.406. The van der Waals surface area contributed by atoms with Crippen LogP contribution in [0.5, 0.6) is 0 Å². The van der Waals surface area contributed by atoms with Gasteiger partial charge in [0.25, 0.3) is 0 Å². The molecule has 0 aromatic carbocycles. The van der Waals surface area contributed by atoms with E-state index in [9.17, 15) is 9.59 Å². The minimum Gasteiger partial charge on any atom is -1.00 e. The molecule has 0 saturated heterocycles. The van der Waals surface area contributed by atoms with Crippen LogP contribution in [0.3, 0.4) is 0 Å². The Hall–Kier alpha value is 1.19. The van der Waals surface area contributed by atoms with Crippen molar-refractivity contribution in [2.45, 2.75) is 0 Å². The van der Waals surface area contributed by atoms with Crippen LogP contribution in [0, 0.1) is 0 Å². The molecule has 0 aromatic rings. The standard InChI is InChI=1S/C2H4O2S.CH2OS2.Na.H/c3-2(4)1-5;2-1(3)4;;/h5H,1H2,(H,3,4);(H2,2,3,4);;/q;;+1;-1. The predicted molar refractivity (Wildman–Crippen MR) is 46.0 cm³/mol. The van der Waals surface area contributed by atoms with Gasteiger partial charge in [-0.2, -0.15) is 12.6 Å². The smallest absolute Gasteiger partial charge is 1.00 e. The first-order valence-electron chi connectivity index (χ1n) is 1.75. The molecule has 0 atom stereocenters. The topological polar surface area (TPSA) is 54.4 Å². The SMILES string of the molecule is O=C(O)CS.O=C(S)S.[H-].[Na+]. The van der Waals surface area contributed by atoms with Gasteiger partial charge in [0.15, 0.2) is 0 Å². The largest absolute Gasteiger partial charge is 1.00 e. The molecule has 0 aromatic heterocycles. The first kappa shape index (κ1) is 17.3. The first-order valence-corrected chi connectivity index (χ1v) is 3.28. The summed E-state index contributed by atoms with van der Waals surface area (Å²) < 4.78 is -0.444. The Morgan fingerprint density at radius 2 is 1.50 bits per heavy atom. The van der Waals surface area contributed by atoms with Gasteiger partial charge >= 0.3 is 35.5 Å². The van der Waals surface area contributed by atoms with E-state index in [1.807, 2.05) is 0 Å². The molecule has 56 valence electrons. The Morgan fingerprint density at radius 1 is 1.40 bits per heavy atom. The van der Waals surface area contributed by atoms with Crippen LogP contribution < -0.4 is 29.6 Å². The van der Waals surface area contributed by atoms with Gasteiger partial charge in [0.2, 0.25) is 4.45 Å². The zero-order chi connectivity index (χ0) is 7.86. The van der Waals surface area contributed by atoms with Crippen LogP contribution in [0.2, 0.25) is 0 Å². The van der Waals surface area contributed by atoms with Crippen molar-refractivity contribution in [3.63, 3.8) is 0 Å². The summed E-state index contributed by atoms with van der Waals surface area (Å²) in [6.07, 6.45) is 0. The predicted octanol–water partition coefficient (Wildman–Crippen LogP) is -1.92. The summed E-state index contributed by atoms with van der Waals surface area (Å²) in [5.74, 6) is -0.965. The van der Waals surface area contributed by atoms with Crippen molar-refractivity contribution >= 4 is 48.3 Å². The Labute approximate surface area is 99.0 Å². The summed E-state index contributed by atoms with van der Waals surface area (Å²) in [6, 6.07) is 0. The molecule has 0 radical (unpaired) electrons. The summed E-state index contributed by atoms with van der Waals surface area (Å²) in [7, 11) is 0. The molecule has 10 heavy (non-hydrogen) atoms. The van der Waals surface area contributed by atoms with Gasteiger partial charge in [0.05, 0.1) is 5.75 Å². The number of carboxylic acid groups (broad SMARTS) is 1. The maximum atomic E-state index is 9.29. The number of rotatable bonds is 1. The molecule has 0 bridgehead atoms. The van der Waals surface area contributed by atoms with Crippen molar-refractivity contribution in [2.24, 2.45) is 0 Å². The average molecular weight is 210 g/mol. The first-order chi connectivity index (χ1) is 4.00.